The van der Waals surface area contributed by atoms with Crippen LogP contribution in [0.4, 0.5) is 10.5 Å². The van der Waals surface area contributed by atoms with Crippen molar-refractivity contribution in [1.82, 2.24) is 10.2 Å². The highest BCUT2D eigenvalue weighted by molar-refractivity contribution is 7.98. The van der Waals surface area contributed by atoms with Crippen molar-refractivity contribution < 1.29 is 24.2 Å². The van der Waals surface area contributed by atoms with E-state index in [1.165, 1.54) is 23.9 Å². The summed E-state index contributed by atoms with van der Waals surface area (Å²) in [5.41, 5.74) is 1.62. The lowest BCUT2D eigenvalue weighted by molar-refractivity contribution is -0.136. The minimum absolute atomic E-state index is 0.151. The van der Waals surface area contributed by atoms with Gasteiger partial charge in [0.25, 0.3) is 11.8 Å². The average molecular weight is 526 g/mol. The van der Waals surface area contributed by atoms with Crippen molar-refractivity contribution in [3.8, 4) is 18.2 Å². The van der Waals surface area contributed by atoms with Gasteiger partial charge in [0.05, 0.1) is 0 Å². The first kappa shape index (κ1) is 29.6. The zero-order chi connectivity index (χ0) is 27.8. The van der Waals surface area contributed by atoms with Gasteiger partial charge in [-0.1, -0.05) is 42.8 Å². The topological polar surface area (TPSA) is 108 Å². The van der Waals surface area contributed by atoms with Crippen molar-refractivity contribution in [1.29, 1.82) is 0 Å². The molecule has 2 aromatic rings. The Morgan fingerprint density at radius 3 is 2.27 bits per heavy atom. The van der Waals surface area contributed by atoms with E-state index in [-0.39, 0.29) is 17.7 Å². The monoisotopic (exact) mass is 525 g/mol. The molecule has 2 rings (SSSR count). The summed E-state index contributed by atoms with van der Waals surface area (Å²) >= 11 is 1.49. The molecule has 3 amide bonds. The van der Waals surface area contributed by atoms with E-state index >= 15 is 0 Å². The van der Waals surface area contributed by atoms with E-state index in [9.17, 15) is 19.5 Å². The van der Waals surface area contributed by atoms with E-state index < -0.39 is 35.6 Å². The van der Waals surface area contributed by atoms with Gasteiger partial charge in [-0.25, -0.2) is 4.79 Å². The zero-order valence-electron chi connectivity index (χ0n) is 22.1. The summed E-state index contributed by atoms with van der Waals surface area (Å²) in [4.78, 5) is 40.9. The van der Waals surface area contributed by atoms with Crippen molar-refractivity contribution in [3.63, 3.8) is 0 Å². The molecule has 0 aromatic heterocycles. The first-order chi connectivity index (χ1) is 17.4. The summed E-state index contributed by atoms with van der Waals surface area (Å²) in [6.45, 7) is 8.84. The number of phenolic OH excluding ortho intramolecular Hbond substituents is 1. The van der Waals surface area contributed by atoms with Gasteiger partial charge in [-0.3, -0.25) is 14.5 Å². The van der Waals surface area contributed by atoms with Gasteiger partial charge < -0.3 is 20.5 Å². The Morgan fingerprint density at radius 1 is 1.11 bits per heavy atom. The summed E-state index contributed by atoms with van der Waals surface area (Å²) in [7, 11) is 0. The van der Waals surface area contributed by atoms with Crippen molar-refractivity contribution in [2.24, 2.45) is 0 Å². The fourth-order valence-electron chi connectivity index (χ4n) is 3.70. The van der Waals surface area contributed by atoms with Crippen LogP contribution in [0.3, 0.4) is 0 Å². The number of thioether (sulfide) groups is 1. The maximum atomic E-state index is 13.7. The molecule has 0 aliphatic heterocycles. The molecule has 0 radical (unpaired) electrons. The number of alkyl carbamates (subject to hydrolysis) is 1. The van der Waals surface area contributed by atoms with E-state index in [1.54, 1.807) is 32.9 Å². The molecule has 2 unspecified atom stereocenters. The molecule has 2 atom stereocenters. The molecule has 0 aliphatic rings. The van der Waals surface area contributed by atoms with Crippen LogP contribution >= 0.6 is 11.8 Å². The molecule has 198 valence electrons. The third-order valence-electron chi connectivity index (χ3n) is 5.44. The number of amides is 3. The molecule has 8 nitrogen and oxygen atoms in total. The number of terminal acetylenes is 1. The smallest absolute Gasteiger partial charge is 0.408 e. The maximum Gasteiger partial charge on any atom is 0.408 e. The molecule has 0 spiro atoms. The van der Waals surface area contributed by atoms with Crippen LogP contribution in [0.15, 0.2) is 42.5 Å². The van der Waals surface area contributed by atoms with Crippen molar-refractivity contribution in [3.05, 3.63) is 59.2 Å². The van der Waals surface area contributed by atoms with Gasteiger partial charge in [-0.05, 0) is 70.2 Å². The second-order valence-corrected chi connectivity index (χ2v) is 10.5. The summed E-state index contributed by atoms with van der Waals surface area (Å²) < 4.78 is 5.33. The first-order valence-corrected chi connectivity index (χ1v) is 13.2. The van der Waals surface area contributed by atoms with Crippen molar-refractivity contribution in [2.45, 2.75) is 58.7 Å². The SMILES string of the molecule is C#CN(C(=O)C(CCSC)NC(=O)OC(C)(C)C)C(C(=O)Nc1c(C)cccc1C)c1ccccc1O. The van der Waals surface area contributed by atoms with E-state index in [0.717, 1.165) is 16.0 Å². The zero-order valence-corrected chi connectivity index (χ0v) is 22.9. The number of nitrogens with zero attached hydrogens (tertiary/aromatic N) is 1. The highest BCUT2D eigenvalue weighted by Crippen LogP contribution is 2.31. The Morgan fingerprint density at radius 2 is 1.73 bits per heavy atom. The van der Waals surface area contributed by atoms with Crippen LogP contribution in [0, 0.1) is 26.3 Å². The second-order valence-electron chi connectivity index (χ2n) is 9.54. The van der Waals surface area contributed by atoms with Crippen LogP contribution in [0.2, 0.25) is 0 Å². The Bertz CT molecular complexity index is 1150. The lowest BCUT2D eigenvalue weighted by atomic mass is 10.0. The summed E-state index contributed by atoms with van der Waals surface area (Å²) in [5.74, 6) is -0.933. The first-order valence-electron chi connectivity index (χ1n) is 11.8. The Balaban J connectivity index is 2.50. The molecule has 37 heavy (non-hydrogen) atoms. The third-order valence-corrected chi connectivity index (χ3v) is 6.09. The normalized spacial score (nSPS) is 12.6. The number of hydrogen-bond acceptors (Lipinski definition) is 6. The third kappa shape index (κ3) is 8.19. The number of para-hydroxylation sites is 2. The van der Waals surface area contributed by atoms with E-state index in [2.05, 4.69) is 16.7 Å². The van der Waals surface area contributed by atoms with Gasteiger partial charge in [-0.15, -0.1) is 0 Å². The van der Waals surface area contributed by atoms with E-state index in [1.807, 2.05) is 38.3 Å². The number of hydrogen-bond donors (Lipinski definition) is 3. The molecule has 3 N–H and O–H groups in total. The Labute approximate surface area is 223 Å². The van der Waals surface area contributed by atoms with Crippen LogP contribution < -0.4 is 10.6 Å². The number of carbonyl (C=O) groups is 3. The highest BCUT2D eigenvalue weighted by atomic mass is 32.2. The number of ether oxygens (including phenoxy) is 1. The average Bonchev–Trinajstić information content (AvgIpc) is 2.81. The van der Waals surface area contributed by atoms with Gasteiger partial charge in [-0.2, -0.15) is 11.8 Å². The van der Waals surface area contributed by atoms with Crippen molar-refractivity contribution >= 4 is 35.4 Å². The van der Waals surface area contributed by atoms with Gasteiger partial charge in [0.15, 0.2) is 6.04 Å². The number of carbonyl (C=O) groups excluding carboxylic acids is 3. The number of aromatic hydroxyl groups is 1. The number of rotatable bonds is 9. The van der Waals surface area contributed by atoms with Gasteiger partial charge in [0.1, 0.15) is 17.4 Å². The number of benzene rings is 2. The fourth-order valence-corrected chi connectivity index (χ4v) is 4.17. The van der Waals surface area contributed by atoms with E-state index in [4.69, 9.17) is 11.2 Å². The maximum absolute atomic E-state index is 13.7. The molecular formula is C28H35N3O5S. The molecule has 0 heterocycles. The molecule has 0 saturated heterocycles. The minimum atomic E-state index is -1.37. The fraction of sp³-hybridized carbons (Fsp3) is 0.393. The predicted octanol–water partition coefficient (Wildman–Crippen LogP) is 4.75. The second kappa shape index (κ2) is 13.1. The van der Waals surface area contributed by atoms with Crippen LogP contribution in [0.5, 0.6) is 5.75 Å². The van der Waals surface area contributed by atoms with E-state index in [0.29, 0.717) is 11.4 Å². The van der Waals surface area contributed by atoms with Crippen molar-refractivity contribution in [2.75, 3.05) is 17.3 Å². The number of aryl methyl sites for hydroxylation is 2. The van der Waals surface area contributed by atoms with Gasteiger partial charge >= 0.3 is 6.09 Å². The number of nitrogens with one attached hydrogen (secondary N) is 2. The largest absolute Gasteiger partial charge is 0.508 e. The molecule has 0 saturated carbocycles. The molecule has 0 bridgehead atoms. The summed E-state index contributed by atoms with van der Waals surface area (Å²) in [6, 6.07) is 11.7. The minimum Gasteiger partial charge on any atom is -0.508 e. The molecular weight excluding hydrogens is 490 g/mol. The van der Waals surface area contributed by atoms with Crippen LogP contribution in [-0.4, -0.2) is 51.6 Å². The predicted molar refractivity (Wildman–Crippen MR) is 147 cm³/mol. The lowest BCUT2D eigenvalue weighted by Gasteiger charge is -2.31. The molecule has 2 aromatic carbocycles. The quantitative estimate of drug-likeness (QED) is 0.322. The summed E-state index contributed by atoms with van der Waals surface area (Å²) in [5, 5.41) is 16.1. The van der Waals surface area contributed by atoms with Gasteiger partial charge in [0, 0.05) is 17.3 Å². The molecule has 0 aliphatic carbocycles. The Hall–Kier alpha value is -3.64. The highest BCUT2D eigenvalue weighted by Gasteiger charge is 2.37. The molecule has 9 heteroatoms. The summed E-state index contributed by atoms with van der Waals surface area (Å²) in [6.07, 6.45) is 7.15. The van der Waals surface area contributed by atoms with Crippen LogP contribution in [-0.2, 0) is 14.3 Å². The lowest BCUT2D eigenvalue weighted by Crippen LogP contribution is -2.51. The number of anilines is 1. The van der Waals surface area contributed by atoms with Crippen LogP contribution in [0.25, 0.3) is 0 Å². The molecule has 0 fully saturated rings. The number of phenols is 1. The Kier molecular flexibility index (Phi) is 10.4. The van der Waals surface area contributed by atoms with Crippen LogP contribution in [0.1, 0.15) is 49.9 Å². The van der Waals surface area contributed by atoms with Gasteiger partial charge in [0.2, 0.25) is 0 Å². The standard InChI is InChI=1S/C28H35N3O5S/c1-8-31(26(34)21(16-17-37-7)29-27(35)36-28(4,5)6)24(20-14-9-10-15-22(20)32)25(33)30-23-18(2)12-11-13-19(23)3/h1,9-15,21,24,32H,16-17H2,2-7H3,(H,29,35)(H,30,33).